The molecule has 0 aliphatic rings. The van der Waals surface area contributed by atoms with Crippen LogP contribution in [0.3, 0.4) is 0 Å². The minimum Gasteiger partial charge on any atom is -0.381 e. The fourth-order valence-corrected chi connectivity index (χ4v) is 1.37. The first-order chi connectivity index (χ1) is 7.58. The second kappa shape index (κ2) is 3.88. The van der Waals surface area contributed by atoms with Crippen molar-refractivity contribution in [2.45, 2.75) is 12.5 Å². The average Bonchev–Trinajstić information content (AvgIpc) is 2.64. The van der Waals surface area contributed by atoms with Gasteiger partial charge < -0.3 is 5.73 Å². The zero-order chi connectivity index (χ0) is 11.6. The lowest BCUT2D eigenvalue weighted by atomic mass is 10.1. The lowest BCUT2D eigenvalue weighted by Gasteiger charge is -2.15. The van der Waals surface area contributed by atoms with Crippen LogP contribution in [0.15, 0.2) is 36.5 Å². The van der Waals surface area contributed by atoms with Crippen molar-refractivity contribution in [3.63, 3.8) is 0 Å². The van der Waals surface area contributed by atoms with Crippen LogP contribution < -0.4 is 5.73 Å². The van der Waals surface area contributed by atoms with Gasteiger partial charge in [-0.3, -0.25) is 0 Å². The fraction of sp³-hybridized carbons (Fsp3) is 0.200. The molecule has 0 saturated heterocycles. The minimum absolute atomic E-state index is 0.0518. The van der Waals surface area contributed by atoms with E-state index in [1.54, 1.807) is 18.2 Å². The Morgan fingerprint density at radius 3 is 2.50 bits per heavy atom. The monoisotopic (exact) mass is 224 g/mol. The molecular formula is C10H10F2N4. The van der Waals surface area contributed by atoms with Crippen molar-refractivity contribution in [2.24, 2.45) is 0 Å². The third-order valence-electron chi connectivity index (χ3n) is 2.11. The molecule has 0 fully saturated rings. The van der Waals surface area contributed by atoms with Gasteiger partial charge in [-0.15, -0.1) is 5.10 Å². The molecule has 0 spiro atoms. The Kier molecular flexibility index (Phi) is 2.55. The minimum atomic E-state index is -2.98. The van der Waals surface area contributed by atoms with E-state index in [1.807, 2.05) is 0 Å². The fourth-order valence-electron chi connectivity index (χ4n) is 1.37. The van der Waals surface area contributed by atoms with Crippen molar-refractivity contribution in [1.29, 1.82) is 0 Å². The Labute approximate surface area is 90.7 Å². The summed E-state index contributed by atoms with van der Waals surface area (Å²) in [4.78, 5) is 0. The van der Waals surface area contributed by atoms with Crippen LogP contribution in [0.5, 0.6) is 0 Å². The van der Waals surface area contributed by atoms with Crippen molar-refractivity contribution in [1.82, 2.24) is 15.0 Å². The largest absolute Gasteiger partial charge is 0.381 e. The Morgan fingerprint density at radius 1 is 1.25 bits per heavy atom. The topological polar surface area (TPSA) is 56.7 Å². The highest BCUT2D eigenvalue weighted by atomic mass is 19.3. The maximum Gasteiger partial charge on any atom is 0.292 e. The van der Waals surface area contributed by atoms with E-state index in [2.05, 4.69) is 10.3 Å². The Hall–Kier alpha value is -1.98. The molecular weight excluding hydrogens is 214 g/mol. The highest BCUT2D eigenvalue weighted by Gasteiger charge is 2.32. The van der Waals surface area contributed by atoms with Crippen LogP contribution in [-0.2, 0) is 12.5 Å². The molecule has 84 valence electrons. The molecule has 1 aromatic heterocycles. The van der Waals surface area contributed by atoms with Crippen molar-refractivity contribution in [3.8, 4) is 0 Å². The summed E-state index contributed by atoms with van der Waals surface area (Å²) in [6, 6.07) is 7.57. The third kappa shape index (κ3) is 2.16. The molecule has 0 saturated carbocycles. The van der Waals surface area contributed by atoms with Crippen LogP contribution in [0, 0.1) is 0 Å². The summed E-state index contributed by atoms with van der Waals surface area (Å²) in [5.74, 6) is -2.86. The van der Waals surface area contributed by atoms with Gasteiger partial charge in [0.25, 0.3) is 5.92 Å². The lowest BCUT2D eigenvalue weighted by Crippen LogP contribution is -2.21. The van der Waals surface area contributed by atoms with Crippen LogP contribution in [0.2, 0.25) is 0 Å². The molecule has 0 unspecified atom stereocenters. The van der Waals surface area contributed by atoms with Gasteiger partial charge in [-0.05, 0) is 0 Å². The van der Waals surface area contributed by atoms with Gasteiger partial charge in [0.15, 0.2) is 5.82 Å². The highest BCUT2D eigenvalue weighted by Crippen LogP contribution is 2.29. The molecule has 0 bridgehead atoms. The summed E-state index contributed by atoms with van der Waals surface area (Å²) >= 11 is 0. The van der Waals surface area contributed by atoms with Crippen LogP contribution in [0.1, 0.15) is 5.56 Å². The SMILES string of the molecule is Nc1cn(CC(F)(F)c2ccccc2)nn1. The number of hydrogen-bond donors (Lipinski definition) is 1. The van der Waals surface area contributed by atoms with E-state index in [4.69, 9.17) is 5.73 Å². The van der Waals surface area contributed by atoms with Gasteiger partial charge in [0.05, 0.1) is 6.20 Å². The number of anilines is 1. The van der Waals surface area contributed by atoms with E-state index in [0.717, 1.165) is 4.68 Å². The van der Waals surface area contributed by atoms with E-state index >= 15 is 0 Å². The summed E-state index contributed by atoms with van der Waals surface area (Å²) < 4.78 is 28.5. The third-order valence-corrected chi connectivity index (χ3v) is 2.11. The maximum absolute atomic E-state index is 13.7. The van der Waals surface area contributed by atoms with Gasteiger partial charge in [0.1, 0.15) is 6.54 Å². The van der Waals surface area contributed by atoms with Crippen LogP contribution in [-0.4, -0.2) is 15.0 Å². The van der Waals surface area contributed by atoms with Crippen molar-refractivity contribution < 1.29 is 8.78 Å². The standard InChI is InChI=1S/C10H10F2N4/c11-10(12,8-4-2-1-3-5-8)7-16-6-9(13)14-15-16/h1-6H,7,13H2. The first kappa shape index (κ1) is 10.5. The van der Waals surface area contributed by atoms with Crippen molar-refractivity contribution >= 4 is 5.82 Å². The van der Waals surface area contributed by atoms with E-state index in [9.17, 15) is 8.78 Å². The highest BCUT2D eigenvalue weighted by molar-refractivity contribution is 5.22. The molecule has 0 aliphatic heterocycles. The Bertz CT molecular complexity index is 467. The summed E-state index contributed by atoms with van der Waals surface area (Å²) in [6.07, 6.45) is 1.27. The number of halogens is 2. The van der Waals surface area contributed by atoms with Gasteiger partial charge >= 0.3 is 0 Å². The number of nitrogens with zero attached hydrogens (tertiary/aromatic N) is 3. The smallest absolute Gasteiger partial charge is 0.292 e. The quantitative estimate of drug-likeness (QED) is 0.862. The number of rotatable bonds is 3. The molecule has 1 aromatic carbocycles. The summed E-state index contributed by atoms with van der Waals surface area (Å²) in [7, 11) is 0. The maximum atomic E-state index is 13.7. The van der Waals surface area contributed by atoms with Gasteiger partial charge in [-0.2, -0.15) is 8.78 Å². The number of nitrogens with two attached hydrogens (primary N) is 1. The first-order valence-corrected chi connectivity index (χ1v) is 4.67. The molecule has 2 aromatic rings. The second-order valence-corrected chi connectivity index (χ2v) is 3.41. The zero-order valence-electron chi connectivity index (χ0n) is 8.35. The lowest BCUT2D eigenvalue weighted by molar-refractivity contribution is -0.0258. The van der Waals surface area contributed by atoms with Crippen LogP contribution in [0.4, 0.5) is 14.6 Å². The number of hydrogen-bond acceptors (Lipinski definition) is 3. The summed E-state index contributed by atoms with van der Waals surface area (Å²) in [5, 5.41) is 6.94. The number of alkyl halides is 2. The van der Waals surface area contributed by atoms with Gasteiger partial charge in [0.2, 0.25) is 0 Å². The van der Waals surface area contributed by atoms with Gasteiger partial charge in [-0.25, -0.2) is 4.68 Å². The van der Waals surface area contributed by atoms with Gasteiger partial charge in [-0.1, -0.05) is 35.5 Å². The molecule has 0 aliphatic carbocycles. The second-order valence-electron chi connectivity index (χ2n) is 3.41. The van der Waals surface area contributed by atoms with Crippen LogP contribution in [0.25, 0.3) is 0 Å². The summed E-state index contributed by atoms with van der Waals surface area (Å²) in [5.41, 5.74) is 5.25. The molecule has 0 amide bonds. The molecule has 0 atom stereocenters. The molecule has 6 heteroatoms. The van der Waals surface area contributed by atoms with Crippen molar-refractivity contribution in [2.75, 3.05) is 5.73 Å². The Balaban J connectivity index is 2.20. The Morgan fingerprint density at radius 2 is 1.94 bits per heavy atom. The number of nitrogen functional groups attached to an aromatic ring is 1. The molecule has 2 rings (SSSR count). The van der Waals surface area contributed by atoms with Gasteiger partial charge in [0, 0.05) is 5.56 Å². The number of aromatic nitrogens is 3. The van der Waals surface area contributed by atoms with E-state index in [0.29, 0.717) is 0 Å². The molecule has 1 heterocycles. The van der Waals surface area contributed by atoms with E-state index in [1.165, 1.54) is 18.3 Å². The summed E-state index contributed by atoms with van der Waals surface area (Å²) in [6.45, 7) is -0.568. The molecule has 16 heavy (non-hydrogen) atoms. The first-order valence-electron chi connectivity index (χ1n) is 4.67. The zero-order valence-corrected chi connectivity index (χ0v) is 8.35. The predicted octanol–water partition coefficient (Wildman–Crippen LogP) is 1.65. The van der Waals surface area contributed by atoms with Crippen molar-refractivity contribution in [3.05, 3.63) is 42.1 Å². The molecule has 2 N–H and O–H groups in total. The molecule has 4 nitrogen and oxygen atoms in total. The predicted molar refractivity (Wildman–Crippen MR) is 54.8 cm³/mol. The van der Waals surface area contributed by atoms with E-state index < -0.39 is 12.5 Å². The van der Waals surface area contributed by atoms with Crippen LogP contribution >= 0.6 is 0 Å². The molecule has 0 radical (unpaired) electrons. The normalized spacial score (nSPS) is 11.6. The number of benzene rings is 1. The average molecular weight is 224 g/mol. The van der Waals surface area contributed by atoms with E-state index in [-0.39, 0.29) is 11.4 Å².